The highest BCUT2D eigenvalue weighted by Gasteiger charge is 2.35. The lowest BCUT2D eigenvalue weighted by molar-refractivity contribution is -0.161. The van der Waals surface area contributed by atoms with Gasteiger partial charge in [-0.3, -0.25) is 9.89 Å². The van der Waals surface area contributed by atoms with Crippen molar-refractivity contribution in [3.8, 4) is 0 Å². The molecule has 5 rings (SSSR count). The summed E-state index contributed by atoms with van der Waals surface area (Å²) in [7, 11) is 1.21. The number of amides is 1. The van der Waals surface area contributed by atoms with Crippen LogP contribution in [0.2, 0.25) is 0 Å². The van der Waals surface area contributed by atoms with E-state index in [1.807, 2.05) is 18.2 Å². The minimum Gasteiger partial charge on any atom is -0.340 e. The van der Waals surface area contributed by atoms with Crippen molar-refractivity contribution >= 4 is 49.9 Å². The molecule has 0 saturated carbocycles. The average Bonchev–Trinajstić information content (AvgIpc) is 3.35. The van der Waals surface area contributed by atoms with Crippen LogP contribution in [0.1, 0.15) is 16.9 Å². The Labute approximate surface area is 184 Å². The molecule has 3 aromatic heterocycles. The maximum absolute atomic E-state index is 12.7. The van der Waals surface area contributed by atoms with Crippen molar-refractivity contribution in [2.45, 2.75) is 25.4 Å². The number of nitrogens with one attached hydrogen (secondary N) is 2. The number of hydrogen-bond donors (Lipinski definition) is 2. The third kappa shape index (κ3) is 3.88. The lowest BCUT2D eigenvalue weighted by atomic mass is 9.87. The van der Waals surface area contributed by atoms with E-state index in [-0.39, 0.29) is 0 Å². The number of alkyl halides is 3. The Bertz CT molecular complexity index is 1310. The molecular weight excluding hydrogens is 441 g/mol. The number of aryl methyl sites for hydroxylation is 1. The van der Waals surface area contributed by atoms with E-state index in [9.17, 15) is 18.0 Å². The third-order valence-electron chi connectivity index (χ3n) is 5.69. The highest BCUT2D eigenvalue weighted by Crippen LogP contribution is 2.41. The fourth-order valence-corrected chi connectivity index (χ4v) is 5.50. The summed E-state index contributed by atoms with van der Waals surface area (Å²) in [6.07, 6.45) is 0.330. The molecule has 0 spiro atoms. The van der Waals surface area contributed by atoms with Crippen molar-refractivity contribution in [1.29, 1.82) is 0 Å². The maximum Gasteiger partial charge on any atom is 0.406 e. The Morgan fingerprint density at radius 2 is 2.19 bits per heavy atom. The van der Waals surface area contributed by atoms with E-state index in [1.165, 1.54) is 24.7 Å². The molecule has 0 fully saturated rings. The normalized spacial score (nSPS) is 16.3. The summed E-state index contributed by atoms with van der Waals surface area (Å²) in [5.41, 5.74) is 2.86. The number of fused-ring (bicyclic) bond motifs is 4. The van der Waals surface area contributed by atoms with Gasteiger partial charge in [-0.05, 0) is 43.0 Å². The number of carbonyl (C=O) groups is 1. The summed E-state index contributed by atoms with van der Waals surface area (Å²) < 4.78 is 38.1. The number of thiophene rings is 1. The molecule has 0 bridgehead atoms. The number of hydrogen-bond acceptors (Lipinski definition) is 6. The minimum atomic E-state index is -4.41. The van der Waals surface area contributed by atoms with Crippen molar-refractivity contribution in [3.63, 3.8) is 0 Å². The van der Waals surface area contributed by atoms with Crippen molar-refractivity contribution in [3.05, 3.63) is 41.2 Å². The number of H-pyrrole nitrogens is 1. The fraction of sp³-hybridized carbons (Fsp3) is 0.333. The lowest BCUT2D eigenvalue weighted by Gasteiger charge is -2.27. The van der Waals surface area contributed by atoms with Crippen LogP contribution in [-0.2, 0) is 17.6 Å². The van der Waals surface area contributed by atoms with Gasteiger partial charge in [0.05, 0.1) is 17.1 Å². The standard InChI is InChI=1S/C21H19F3N6OS/c1-30(9-21(22,23)24)20(31)11-2-4-14-16(7-11)32-19-17(14)18(25-10-26-19)28-13-3-5-15-12(6-13)8-27-29-15/h3,5-6,8,10-11H,2,4,7,9H2,1H3,(H,27,29)(H,25,26,28)/t11-/m0/s1. The molecule has 2 N–H and O–H groups in total. The molecule has 7 nitrogen and oxygen atoms in total. The van der Waals surface area contributed by atoms with Crippen LogP contribution in [0, 0.1) is 5.92 Å². The van der Waals surface area contributed by atoms with Crippen LogP contribution < -0.4 is 5.32 Å². The Morgan fingerprint density at radius 1 is 1.34 bits per heavy atom. The van der Waals surface area contributed by atoms with E-state index >= 15 is 0 Å². The van der Waals surface area contributed by atoms with E-state index in [1.54, 1.807) is 6.20 Å². The third-order valence-corrected chi connectivity index (χ3v) is 6.85. The molecule has 1 aliphatic rings. The number of carbonyl (C=O) groups excluding carboxylic acids is 1. The molecule has 0 radical (unpaired) electrons. The lowest BCUT2D eigenvalue weighted by Crippen LogP contribution is -2.40. The number of halogens is 3. The molecule has 1 aromatic carbocycles. The van der Waals surface area contributed by atoms with Gasteiger partial charge < -0.3 is 10.2 Å². The molecule has 0 aliphatic heterocycles. The zero-order chi connectivity index (χ0) is 22.5. The molecule has 166 valence electrons. The van der Waals surface area contributed by atoms with Crippen LogP contribution in [0.15, 0.2) is 30.7 Å². The largest absolute Gasteiger partial charge is 0.406 e. The molecule has 11 heteroatoms. The number of nitrogens with zero attached hydrogens (tertiary/aromatic N) is 4. The van der Waals surface area contributed by atoms with Gasteiger partial charge in [0.15, 0.2) is 0 Å². The number of anilines is 2. The molecule has 32 heavy (non-hydrogen) atoms. The van der Waals surface area contributed by atoms with Gasteiger partial charge in [0, 0.05) is 28.9 Å². The Morgan fingerprint density at radius 3 is 3.00 bits per heavy atom. The molecular formula is C21H19F3N6OS. The maximum atomic E-state index is 12.7. The fourth-order valence-electron chi connectivity index (χ4n) is 4.23. The zero-order valence-electron chi connectivity index (χ0n) is 17.0. The molecule has 0 saturated heterocycles. The number of benzene rings is 1. The summed E-state index contributed by atoms with van der Waals surface area (Å²) in [6.45, 7) is -1.23. The van der Waals surface area contributed by atoms with E-state index in [0.29, 0.717) is 25.1 Å². The van der Waals surface area contributed by atoms with Crippen LogP contribution in [-0.4, -0.2) is 50.7 Å². The first-order valence-electron chi connectivity index (χ1n) is 10.1. The zero-order valence-corrected chi connectivity index (χ0v) is 17.8. The van der Waals surface area contributed by atoms with Crippen LogP contribution in [0.3, 0.4) is 0 Å². The Kier molecular flexibility index (Phi) is 5.00. The summed E-state index contributed by atoms with van der Waals surface area (Å²) in [5.74, 6) is -0.256. The van der Waals surface area contributed by atoms with Crippen molar-refractivity contribution in [1.82, 2.24) is 25.1 Å². The average molecular weight is 460 g/mol. The van der Waals surface area contributed by atoms with Gasteiger partial charge in [-0.2, -0.15) is 18.3 Å². The molecule has 1 atom stereocenters. The smallest absolute Gasteiger partial charge is 0.340 e. The van der Waals surface area contributed by atoms with Crippen LogP contribution in [0.25, 0.3) is 21.1 Å². The van der Waals surface area contributed by atoms with E-state index < -0.39 is 24.5 Å². The van der Waals surface area contributed by atoms with Crippen molar-refractivity contribution in [2.24, 2.45) is 5.92 Å². The van der Waals surface area contributed by atoms with Gasteiger partial charge in [-0.15, -0.1) is 11.3 Å². The Hall–Kier alpha value is -3.21. The first kappa shape index (κ1) is 20.7. The highest BCUT2D eigenvalue weighted by atomic mass is 32.1. The topological polar surface area (TPSA) is 86.8 Å². The van der Waals surface area contributed by atoms with Gasteiger partial charge in [-0.1, -0.05) is 0 Å². The minimum absolute atomic E-state index is 0.414. The van der Waals surface area contributed by atoms with Gasteiger partial charge in [0.2, 0.25) is 5.91 Å². The first-order chi connectivity index (χ1) is 15.3. The quantitative estimate of drug-likeness (QED) is 0.470. The Balaban J connectivity index is 1.42. The first-order valence-corrected chi connectivity index (χ1v) is 10.9. The van der Waals surface area contributed by atoms with E-state index in [4.69, 9.17) is 0 Å². The summed E-state index contributed by atoms with van der Waals surface area (Å²) in [6, 6.07) is 5.83. The van der Waals surface area contributed by atoms with Gasteiger partial charge in [0.25, 0.3) is 0 Å². The molecule has 3 heterocycles. The van der Waals surface area contributed by atoms with Crippen molar-refractivity contribution < 1.29 is 18.0 Å². The van der Waals surface area contributed by atoms with Crippen LogP contribution in [0.4, 0.5) is 24.7 Å². The monoisotopic (exact) mass is 460 g/mol. The second-order valence-electron chi connectivity index (χ2n) is 7.95. The second kappa shape index (κ2) is 7.73. The van der Waals surface area contributed by atoms with Gasteiger partial charge in [0.1, 0.15) is 23.5 Å². The molecule has 0 unspecified atom stereocenters. The van der Waals surface area contributed by atoms with E-state index in [2.05, 4.69) is 25.5 Å². The second-order valence-corrected chi connectivity index (χ2v) is 9.04. The van der Waals surface area contributed by atoms with Crippen LogP contribution >= 0.6 is 11.3 Å². The van der Waals surface area contributed by atoms with E-state index in [0.717, 1.165) is 42.1 Å². The van der Waals surface area contributed by atoms with Crippen LogP contribution in [0.5, 0.6) is 0 Å². The van der Waals surface area contributed by atoms with Gasteiger partial charge >= 0.3 is 6.18 Å². The summed E-state index contributed by atoms with van der Waals surface area (Å²) in [5, 5.41) is 12.2. The number of aromatic nitrogens is 4. The molecule has 1 aliphatic carbocycles. The summed E-state index contributed by atoms with van der Waals surface area (Å²) in [4.78, 5) is 24.0. The highest BCUT2D eigenvalue weighted by molar-refractivity contribution is 7.19. The molecule has 1 amide bonds. The number of rotatable bonds is 4. The molecule has 4 aromatic rings. The van der Waals surface area contributed by atoms with Gasteiger partial charge in [-0.25, -0.2) is 9.97 Å². The SMILES string of the molecule is CN(CC(F)(F)F)C(=O)[C@H]1CCc2c(sc3ncnc(Nc4ccc5[nH]ncc5c4)c23)C1. The predicted octanol–water partition coefficient (Wildman–Crippen LogP) is 4.44. The summed E-state index contributed by atoms with van der Waals surface area (Å²) >= 11 is 1.48. The predicted molar refractivity (Wildman–Crippen MR) is 116 cm³/mol. The van der Waals surface area contributed by atoms with Crippen molar-refractivity contribution in [2.75, 3.05) is 18.9 Å². The number of aromatic amines is 1.